The number of nitrogen functional groups attached to an aromatic ring is 1. The van der Waals surface area contributed by atoms with Crippen LogP contribution in [0.3, 0.4) is 0 Å². The number of nitrogens with two attached hydrogens (primary N) is 1. The third-order valence-electron chi connectivity index (χ3n) is 2.20. The minimum absolute atomic E-state index is 0.0272. The molecular weight excluding hydrogens is 205 g/mol. The average molecular weight is 218 g/mol. The van der Waals surface area contributed by atoms with Gasteiger partial charge in [-0.2, -0.15) is 13.2 Å². The van der Waals surface area contributed by atoms with E-state index in [9.17, 15) is 13.2 Å². The molecule has 0 aliphatic carbocycles. The number of pyridine rings is 1. The second-order valence-electron chi connectivity index (χ2n) is 3.23. The van der Waals surface area contributed by atoms with Crippen molar-refractivity contribution in [1.29, 1.82) is 0 Å². The summed E-state index contributed by atoms with van der Waals surface area (Å²) in [6.45, 7) is 3.31. The maximum Gasteiger partial charge on any atom is 0.418 e. The van der Waals surface area contributed by atoms with Crippen LogP contribution in [0.2, 0.25) is 0 Å². The van der Waals surface area contributed by atoms with Crippen molar-refractivity contribution in [2.45, 2.75) is 32.9 Å². The fourth-order valence-corrected chi connectivity index (χ4v) is 1.56. The van der Waals surface area contributed by atoms with E-state index in [4.69, 9.17) is 5.73 Å². The smallest absolute Gasteiger partial charge is 0.384 e. The lowest BCUT2D eigenvalue weighted by Gasteiger charge is -2.15. The van der Waals surface area contributed by atoms with Crippen LogP contribution < -0.4 is 5.73 Å². The number of nitrogens with zero attached hydrogens (tertiary/aromatic N) is 1. The molecule has 1 rings (SSSR count). The van der Waals surface area contributed by atoms with Crippen LogP contribution in [0.4, 0.5) is 19.0 Å². The molecule has 0 amide bonds. The van der Waals surface area contributed by atoms with Gasteiger partial charge in [0.25, 0.3) is 0 Å². The van der Waals surface area contributed by atoms with Crippen molar-refractivity contribution in [2.24, 2.45) is 0 Å². The van der Waals surface area contributed by atoms with E-state index >= 15 is 0 Å². The molecule has 84 valence electrons. The van der Waals surface area contributed by atoms with E-state index in [-0.39, 0.29) is 23.5 Å². The van der Waals surface area contributed by atoms with Gasteiger partial charge in [-0.25, -0.2) is 4.98 Å². The van der Waals surface area contributed by atoms with Crippen molar-refractivity contribution >= 4 is 5.82 Å². The molecule has 0 radical (unpaired) electrons. The number of aryl methyl sites for hydroxylation is 2. The molecule has 0 aromatic carbocycles. The van der Waals surface area contributed by atoms with Crippen LogP contribution in [0.1, 0.15) is 30.7 Å². The Balaban J connectivity index is 3.44. The molecule has 0 aliphatic rings. The molecule has 1 aromatic rings. The van der Waals surface area contributed by atoms with Gasteiger partial charge in [0.1, 0.15) is 5.82 Å². The van der Waals surface area contributed by atoms with E-state index in [2.05, 4.69) is 4.98 Å². The first-order valence-corrected chi connectivity index (χ1v) is 4.75. The molecule has 1 aromatic heterocycles. The topological polar surface area (TPSA) is 38.9 Å². The minimum atomic E-state index is -4.35. The van der Waals surface area contributed by atoms with Gasteiger partial charge < -0.3 is 5.73 Å². The van der Waals surface area contributed by atoms with Crippen LogP contribution in [0, 0.1) is 0 Å². The Bertz CT molecular complexity index is 333. The van der Waals surface area contributed by atoms with Gasteiger partial charge in [0, 0.05) is 0 Å². The minimum Gasteiger partial charge on any atom is -0.384 e. The van der Waals surface area contributed by atoms with Crippen molar-refractivity contribution in [3.8, 4) is 0 Å². The Hall–Kier alpha value is -1.26. The van der Waals surface area contributed by atoms with Crippen molar-refractivity contribution in [3.63, 3.8) is 0 Å². The molecule has 0 fully saturated rings. The molecule has 15 heavy (non-hydrogen) atoms. The molecule has 2 N–H and O–H groups in total. The summed E-state index contributed by atoms with van der Waals surface area (Å²) in [7, 11) is 0. The number of anilines is 1. The van der Waals surface area contributed by atoms with Crippen LogP contribution in [0.15, 0.2) is 6.07 Å². The van der Waals surface area contributed by atoms with Gasteiger partial charge in [-0.15, -0.1) is 0 Å². The van der Waals surface area contributed by atoms with Crippen LogP contribution in [0.5, 0.6) is 0 Å². The first-order chi connectivity index (χ1) is 6.90. The van der Waals surface area contributed by atoms with E-state index < -0.39 is 11.7 Å². The highest BCUT2D eigenvalue weighted by Gasteiger charge is 2.36. The zero-order valence-electron chi connectivity index (χ0n) is 8.65. The van der Waals surface area contributed by atoms with E-state index in [1.54, 1.807) is 13.8 Å². The molecule has 0 aliphatic heterocycles. The van der Waals surface area contributed by atoms with Gasteiger partial charge in [-0.3, -0.25) is 0 Å². The summed E-state index contributed by atoms with van der Waals surface area (Å²) < 4.78 is 38.2. The third-order valence-corrected chi connectivity index (χ3v) is 2.20. The summed E-state index contributed by atoms with van der Waals surface area (Å²) in [5.41, 5.74) is 5.06. The normalized spacial score (nSPS) is 11.8. The number of aromatic nitrogens is 1. The zero-order valence-corrected chi connectivity index (χ0v) is 8.65. The Kier molecular flexibility index (Phi) is 3.21. The predicted molar refractivity (Wildman–Crippen MR) is 52.4 cm³/mol. The maximum absolute atomic E-state index is 12.7. The summed E-state index contributed by atoms with van der Waals surface area (Å²) in [5, 5.41) is 0. The van der Waals surface area contributed by atoms with E-state index in [0.29, 0.717) is 6.42 Å². The van der Waals surface area contributed by atoms with Crippen molar-refractivity contribution in [3.05, 3.63) is 22.9 Å². The SMILES string of the molecule is CCc1cc(N)nc(CC)c1C(F)(F)F. The Morgan fingerprint density at radius 1 is 1.27 bits per heavy atom. The lowest BCUT2D eigenvalue weighted by molar-refractivity contribution is -0.139. The molecule has 1 heterocycles. The van der Waals surface area contributed by atoms with Gasteiger partial charge >= 0.3 is 6.18 Å². The molecule has 0 atom stereocenters. The first kappa shape index (κ1) is 11.8. The van der Waals surface area contributed by atoms with Gasteiger partial charge in [0.15, 0.2) is 0 Å². The lowest BCUT2D eigenvalue weighted by Crippen LogP contribution is -2.15. The summed E-state index contributed by atoms with van der Waals surface area (Å²) in [6, 6.07) is 1.29. The Morgan fingerprint density at radius 3 is 2.27 bits per heavy atom. The Morgan fingerprint density at radius 2 is 1.87 bits per heavy atom. The highest BCUT2D eigenvalue weighted by molar-refractivity contribution is 5.43. The molecule has 2 nitrogen and oxygen atoms in total. The second-order valence-corrected chi connectivity index (χ2v) is 3.23. The maximum atomic E-state index is 12.7. The van der Waals surface area contributed by atoms with Gasteiger partial charge in [0.2, 0.25) is 0 Å². The van der Waals surface area contributed by atoms with E-state index in [1.807, 2.05) is 0 Å². The highest BCUT2D eigenvalue weighted by atomic mass is 19.4. The summed E-state index contributed by atoms with van der Waals surface area (Å²) >= 11 is 0. The molecule has 0 bridgehead atoms. The summed E-state index contributed by atoms with van der Waals surface area (Å²) in [5.74, 6) is 0.150. The number of alkyl halides is 3. The van der Waals surface area contributed by atoms with Crippen LogP contribution in [-0.2, 0) is 19.0 Å². The predicted octanol–water partition coefficient (Wildman–Crippen LogP) is 2.81. The second kappa shape index (κ2) is 4.08. The summed E-state index contributed by atoms with van der Waals surface area (Å²) in [4.78, 5) is 3.72. The zero-order chi connectivity index (χ0) is 11.6. The molecular formula is C10H13F3N2. The molecule has 0 saturated carbocycles. The van der Waals surface area contributed by atoms with Crippen molar-refractivity contribution in [2.75, 3.05) is 5.73 Å². The number of hydrogen-bond donors (Lipinski definition) is 1. The summed E-state index contributed by atoms with van der Waals surface area (Å²) in [6.07, 6.45) is -3.82. The van der Waals surface area contributed by atoms with Crippen molar-refractivity contribution < 1.29 is 13.2 Å². The van der Waals surface area contributed by atoms with Gasteiger partial charge in [-0.1, -0.05) is 13.8 Å². The average Bonchev–Trinajstić information content (AvgIpc) is 2.14. The Labute approximate surface area is 86.3 Å². The molecule has 0 saturated heterocycles. The molecule has 0 spiro atoms. The van der Waals surface area contributed by atoms with Crippen LogP contribution >= 0.6 is 0 Å². The molecule has 5 heteroatoms. The van der Waals surface area contributed by atoms with Gasteiger partial charge in [-0.05, 0) is 24.5 Å². The molecule has 0 unspecified atom stereocenters. The first-order valence-electron chi connectivity index (χ1n) is 4.75. The highest BCUT2D eigenvalue weighted by Crippen LogP contribution is 2.35. The van der Waals surface area contributed by atoms with E-state index in [1.165, 1.54) is 6.07 Å². The van der Waals surface area contributed by atoms with E-state index in [0.717, 1.165) is 0 Å². The standard InChI is InChI=1S/C10H13F3N2/c1-3-6-5-8(14)15-7(4-2)9(6)10(11,12)13/h5H,3-4H2,1-2H3,(H2,14,15). The van der Waals surface area contributed by atoms with Crippen LogP contribution in [-0.4, -0.2) is 4.98 Å². The third kappa shape index (κ3) is 2.40. The number of hydrogen-bond acceptors (Lipinski definition) is 2. The monoisotopic (exact) mass is 218 g/mol. The quantitative estimate of drug-likeness (QED) is 0.828. The number of halogens is 3. The largest absolute Gasteiger partial charge is 0.418 e. The van der Waals surface area contributed by atoms with Gasteiger partial charge in [0.05, 0.1) is 11.3 Å². The fourth-order valence-electron chi connectivity index (χ4n) is 1.56. The fraction of sp³-hybridized carbons (Fsp3) is 0.500. The lowest BCUT2D eigenvalue weighted by atomic mass is 10.0. The number of rotatable bonds is 2. The van der Waals surface area contributed by atoms with Crippen LogP contribution in [0.25, 0.3) is 0 Å². The van der Waals surface area contributed by atoms with Crippen molar-refractivity contribution in [1.82, 2.24) is 4.98 Å².